The van der Waals surface area contributed by atoms with E-state index in [-0.39, 0.29) is 0 Å². The number of benzene rings is 1. The molecule has 19 heavy (non-hydrogen) atoms. The maximum absolute atomic E-state index is 10.4. The second kappa shape index (κ2) is 5.60. The fraction of sp³-hybridized carbons (Fsp3) is 0.0769. The average Bonchev–Trinajstić information content (AvgIpc) is 2.85. The van der Waals surface area contributed by atoms with Crippen molar-refractivity contribution in [2.24, 2.45) is 0 Å². The molecule has 1 N–H and O–H groups in total. The number of carbonyl (C=O) groups is 1. The molecule has 0 aliphatic rings. The van der Waals surface area contributed by atoms with Crippen LogP contribution in [0, 0.1) is 11.3 Å². The molecule has 6 heteroatoms. The minimum absolute atomic E-state index is 0.482. The first kappa shape index (κ1) is 12.5. The van der Waals surface area contributed by atoms with E-state index in [1.807, 2.05) is 18.2 Å². The standard InChI is InChI=1S/C13H10N4O2/c14-7-10-1-3-11(4-2-10)8-17-9-12(15-16-17)5-6-13(18)19/h1-6,9H,8H2,(H,18,19). The first-order valence-electron chi connectivity index (χ1n) is 5.47. The summed E-state index contributed by atoms with van der Waals surface area (Å²) in [4.78, 5) is 10.4. The zero-order valence-electron chi connectivity index (χ0n) is 9.89. The minimum atomic E-state index is -1.03. The summed E-state index contributed by atoms with van der Waals surface area (Å²) in [5.41, 5.74) is 2.07. The Labute approximate surface area is 109 Å². The van der Waals surface area contributed by atoms with Gasteiger partial charge in [0.05, 0.1) is 24.4 Å². The van der Waals surface area contributed by atoms with Gasteiger partial charge in [-0.05, 0) is 23.8 Å². The molecule has 0 fully saturated rings. The molecule has 94 valence electrons. The van der Waals surface area contributed by atoms with Gasteiger partial charge < -0.3 is 5.11 Å². The number of hydrogen-bond acceptors (Lipinski definition) is 4. The van der Waals surface area contributed by atoms with Gasteiger partial charge in [-0.25, -0.2) is 9.48 Å². The molecule has 0 spiro atoms. The first-order chi connectivity index (χ1) is 9.17. The van der Waals surface area contributed by atoms with E-state index in [2.05, 4.69) is 10.3 Å². The molecule has 0 bridgehead atoms. The number of hydrogen-bond donors (Lipinski definition) is 1. The highest BCUT2D eigenvalue weighted by Gasteiger charge is 2.00. The molecule has 0 aliphatic carbocycles. The van der Waals surface area contributed by atoms with Gasteiger partial charge in [-0.3, -0.25) is 0 Å². The largest absolute Gasteiger partial charge is 0.478 e. The lowest BCUT2D eigenvalue weighted by atomic mass is 10.1. The van der Waals surface area contributed by atoms with Crippen LogP contribution in [-0.2, 0) is 11.3 Å². The minimum Gasteiger partial charge on any atom is -0.478 e. The lowest BCUT2D eigenvalue weighted by molar-refractivity contribution is -0.131. The molecule has 2 aromatic rings. The Morgan fingerprint density at radius 1 is 1.42 bits per heavy atom. The number of carboxylic acids is 1. The Bertz CT molecular complexity index is 650. The molecule has 2 rings (SSSR count). The summed E-state index contributed by atoms with van der Waals surface area (Å²) in [5, 5.41) is 24.9. The highest BCUT2D eigenvalue weighted by atomic mass is 16.4. The van der Waals surface area contributed by atoms with Crippen molar-refractivity contribution in [3.63, 3.8) is 0 Å². The molecule has 1 heterocycles. The third kappa shape index (κ3) is 3.51. The van der Waals surface area contributed by atoms with Crippen molar-refractivity contribution < 1.29 is 9.90 Å². The summed E-state index contributed by atoms with van der Waals surface area (Å²) >= 11 is 0. The second-order valence-corrected chi connectivity index (χ2v) is 3.82. The van der Waals surface area contributed by atoms with Crippen LogP contribution in [0.4, 0.5) is 0 Å². The van der Waals surface area contributed by atoms with E-state index in [4.69, 9.17) is 10.4 Å². The van der Waals surface area contributed by atoms with Crippen LogP contribution in [0.2, 0.25) is 0 Å². The molecular weight excluding hydrogens is 244 g/mol. The first-order valence-corrected chi connectivity index (χ1v) is 5.47. The molecule has 1 aromatic carbocycles. The van der Waals surface area contributed by atoms with Crippen LogP contribution in [0.1, 0.15) is 16.8 Å². The third-order valence-electron chi connectivity index (χ3n) is 2.38. The van der Waals surface area contributed by atoms with Crippen molar-refractivity contribution in [3.8, 4) is 6.07 Å². The van der Waals surface area contributed by atoms with Gasteiger partial charge in [-0.2, -0.15) is 5.26 Å². The molecular formula is C13H10N4O2. The number of nitriles is 1. The summed E-state index contributed by atoms with van der Waals surface area (Å²) in [6.07, 6.45) is 4.04. The zero-order valence-corrected chi connectivity index (χ0v) is 9.89. The molecule has 6 nitrogen and oxygen atoms in total. The Hall–Kier alpha value is -2.94. The molecule has 0 unspecified atom stereocenters. The van der Waals surface area contributed by atoms with Crippen molar-refractivity contribution in [3.05, 3.63) is 53.4 Å². The van der Waals surface area contributed by atoms with Gasteiger partial charge in [-0.15, -0.1) is 5.10 Å². The Kier molecular flexibility index (Phi) is 3.69. The summed E-state index contributed by atoms with van der Waals surface area (Å²) in [7, 11) is 0. The summed E-state index contributed by atoms with van der Waals surface area (Å²) < 4.78 is 1.60. The number of nitrogens with zero attached hydrogens (tertiary/aromatic N) is 4. The molecule has 0 saturated heterocycles. The SMILES string of the molecule is N#Cc1ccc(Cn2cc(C=CC(=O)O)nn2)cc1. The monoisotopic (exact) mass is 254 g/mol. The topological polar surface area (TPSA) is 91.8 Å². The number of aromatic nitrogens is 3. The van der Waals surface area contributed by atoms with E-state index < -0.39 is 5.97 Å². The van der Waals surface area contributed by atoms with Crippen LogP contribution in [0.3, 0.4) is 0 Å². The van der Waals surface area contributed by atoms with E-state index in [1.165, 1.54) is 6.08 Å². The third-order valence-corrected chi connectivity index (χ3v) is 2.38. The van der Waals surface area contributed by atoms with E-state index in [9.17, 15) is 4.79 Å². The van der Waals surface area contributed by atoms with E-state index in [0.29, 0.717) is 17.8 Å². The Morgan fingerprint density at radius 2 is 2.16 bits per heavy atom. The van der Waals surface area contributed by atoms with Gasteiger partial charge in [0.15, 0.2) is 0 Å². The molecule has 0 atom stereocenters. The fourth-order valence-corrected chi connectivity index (χ4v) is 1.50. The lowest BCUT2D eigenvalue weighted by Gasteiger charge is -2.00. The molecule has 0 aliphatic heterocycles. The quantitative estimate of drug-likeness (QED) is 0.830. The average molecular weight is 254 g/mol. The van der Waals surface area contributed by atoms with Gasteiger partial charge in [0.2, 0.25) is 0 Å². The van der Waals surface area contributed by atoms with Crippen LogP contribution in [0.15, 0.2) is 36.5 Å². The van der Waals surface area contributed by atoms with Crippen molar-refractivity contribution >= 4 is 12.0 Å². The number of carboxylic acid groups (broad SMARTS) is 1. The van der Waals surface area contributed by atoms with Crippen LogP contribution in [0.25, 0.3) is 6.08 Å². The number of aliphatic carboxylic acids is 1. The van der Waals surface area contributed by atoms with Crippen LogP contribution in [0.5, 0.6) is 0 Å². The zero-order chi connectivity index (χ0) is 13.7. The second-order valence-electron chi connectivity index (χ2n) is 3.82. The highest BCUT2D eigenvalue weighted by Crippen LogP contribution is 2.06. The van der Waals surface area contributed by atoms with Gasteiger partial charge in [0.1, 0.15) is 5.69 Å². The predicted molar refractivity (Wildman–Crippen MR) is 67.0 cm³/mol. The van der Waals surface area contributed by atoms with E-state index in [1.54, 1.807) is 23.0 Å². The van der Waals surface area contributed by atoms with Crippen molar-refractivity contribution in [2.75, 3.05) is 0 Å². The van der Waals surface area contributed by atoms with E-state index >= 15 is 0 Å². The molecule has 1 aromatic heterocycles. The van der Waals surface area contributed by atoms with Gasteiger partial charge >= 0.3 is 5.97 Å². The molecule has 0 saturated carbocycles. The Balaban J connectivity index is 2.07. The van der Waals surface area contributed by atoms with Gasteiger partial charge in [0.25, 0.3) is 0 Å². The van der Waals surface area contributed by atoms with Crippen molar-refractivity contribution in [1.29, 1.82) is 5.26 Å². The lowest BCUT2D eigenvalue weighted by Crippen LogP contribution is -2.00. The smallest absolute Gasteiger partial charge is 0.328 e. The maximum atomic E-state index is 10.4. The number of rotatable bonds is 4. The van der Waals surface area contributed by atoms with Crippen LogP contribution >= 0.6 is 0 Å². The maximum Gasteiger partial charge on any atom is 0.328 e. The summed E-state index contributed by atoms with van der Waals surface area (Å²) in [6.45, 7) is 0.514. The summed E-state index contributed by atoms with van der Waals surface area (Å²) in [6, 6.07) is 9.20. The normalized spacial score (nSPS) is 10.5. The van der Waals surface area contributed by atoms with Crippen molar-refractivity contribution in [2.45, 2.75) is 6.54 Å². The Morgan fingerprint density at radius 3 is 2.79 bits per heavy atom. The molecule has 0 amide bonds. The van der Waals surface area contributed by atoms with Crippen LogP contribution in [-0.4, -0.2) is 26.1 Å². The summed E-state index contributed by atoms with van der Waals surface area (Å²) in [5.74, 6) is -1.03. The fourth-order valence-electron chi connectivity index (χ4n) is 1.50. The predicted octanol–water partition coefficient (Wildman–Crippen LogP) is 1.30. The van der Waals surface area contributed by atoms with Gasteiger partial charge in [-0.1, -0.05) is 17.3 Å². The van der Waals surface area contributed by atoms with E-state index in [0.717, 1.165) is 11.6 Å². The van der Waals surface area contributed by atoms with Crippen molar-refractivity contribution in [1.82, 2.24) is 15.0 Å². The highest BCUT2D eigenvalue weighted by molar-refractivity contribution is 5.84. The molecule has 0 radical (unpaired) electrons. The van der Waals surface area contributed by atoms with Crippen LogP contribution < -0.4 is 0 Å². The van der Waals surface area contributed by atoms with Gasteiger partial charge in [0, 0.05) is 6.08 Å².